The summed E-state index contributed by atoms with van der Waals surface area (Å²) in [5.41, 5.74) is 8.74. The van der Waals surface area contributed by atoms with Gasteiger partial charge in [0.15, 0.2) is 0 Å². The Labute approximate surface area is 198 Å². The highest BCUT2D eigenvalue weighted by atomic mass is 15.0. The smallest absolute Gasteiger partial charge is 0.0641 e. The van der Waals surface area contributed by atoms with Gasteiger partial charge < -0.3 is 9.13 Å². The molecule has 0 saturated heterocycles. The number of aromatic nitrogens is 2. The molecule has 0 aliphatic carbocycles. The molecule has 0 aliphatic rings. The van der Waals surface area contributed by atoms with Crippen molar-refractivity contribution in [3.63, 3.8) is 0 Å². The van der Waals surface area contributed by atoms with E-state index in [9.17, 15) is 0 Å². The van der Waals surface area contributed by atoms with Crippen LogP contribution in [0.15, 0.2) is 115 Å². The van der Waals surface area contributed by atoms with Crippen LogP contribution in [-0.4, -0.2) is 9.13 Å². The summed E-state index contributed by atoms with van der Waals surface area (Å²) in [6.45, 7) is 2.23. The Morgan fingerprint density at radius 1 is 0.500 bits per heavy atom. The Hall–Kier alpha value is -4.30. The molecule has 0 amide bonds. The van der Waals surface area contributed by atoms with Crippen molar-refractivity contribution in [1.29, 1.82) is 0 Å². The van der Waals surface area contributed by atoms with E-state index in [-0.39, 0.29) is 0 Å². The molecule has 2 aromatic heterocycles. The summed E-state index contributed by atoms with van der Waals surface area (Å²) in [5.74, 6) is 0. The van der Waals surface area contributed by atoms with E-state index in [2.05, 4.69) is 131 Å². The lowest BCUT2D eigenvalue weighted by molar-refractivity contribution is 1.14. The minimum atomic E-state index is 1.02. The third kappa shape index (κ3) is 2.63. The molecule has 162 valence electrons. The lowest BCUT2D eigenvalue weighted by Gasteiger charge is -2.09. The van der Waals surface area contributed by atoms with Crippen LogP contribution >= 0.6 is 0 Å². The van der Waals surface area contributed by atoms with E-state index < -0.39 is 0 Å². The summed E-state index contributed by atoms with van der Waals surface area (Å²) in [6.07, 6.45) is 1.02. The average Bonchev–Trinajstić information content (AvgIpc) is 3.42. The van der Waals surface area contributed by atoms with E-state index in [1.807, 2.05) is 0 Å². The predicted octanol–water partition coefficient (Wildman–Crippen LogP) is 8.44. The fourth-order valence-electron chi connectivity index (χ4n) is 5.53. The molecule has 0 saturated carbocycles. The maximum Gasteiger partial charge on any atom is 0.0641 e. The van der Waals surface area contributed by atoms with E-state index >= 15 is 0 Å². The van der Waals surface area contributed by atoms with E-state index in [4.69, 9.17) is 0 Å². The van der Waals surface area contributed by atoms with Gasteiger partial charge in [0.05, 0.1) is 22.1 Å². The van der Waals surface area contributed by atoms with Crippen LogP contribution in [-0.2, 0) is 6.42 Å². The monoisotopic (exact) mass is 436 g/mol. The molecule has 0 spiro atoms. The maximum absolute atomic E-state index is 2.44. The molecule has 0 radical (unpaired) electrons. The Balaban J connectivity index is 1.77. The summed E-state index contributed by atoms with van der Waals surface area (Å²) in [6, 6.07) is 41.8. The van der Waals surface area contributed by atoms with Crippen molar-refractivity contribution in [2.45, 2.75) is 13.3 Å². The second-order valence-electron chi connectivity index (χ2n) is 8.92. The van der Waals surface area contributed by atoms with Crippen LogP contribution < -0.4 is 0 Å². The third-order valence-corrected chi connectivity index (χ3v) is 7.06. The number of para-hydroxylation sites is 3. The van der Waals surface area contributed by atoms with Gasteiger partial charge in [-0.2, -0.15) is 0 Å². The number of benzene rings is 5. The topological polar surface area (TPSA) is 9.86 Å². The van der Waals surface area contributed by atoms with Crippen molar-refractivity contribution in [3.8, 4) is 11.4 Å². The molecule has 0 atom stereocenters. The molecule has 2 heteroatoms. The Bertz CT molecular complexity index is 1820. The van der Waals surface area contributed by atoms with E-state index in [0.717, 1.165) is 6.42 Å². The van der Waals surface area contributed by atoms with Crippen LogP contribution in [0.5, 0.6) is 0 Å². The highest BCUT2D eigenvalue weighted by Gasteiger charge is 2.20. The number of hydrogen-bond acceptors (Lipinski definition) is 0. The molecule has 2 nitrogen and oxygen atoms in total. The fourth-order valence-corrected chi connectivity index (χ4v) is 5.53. The van der Waals surface area contributed by atoms with Crippen molar-refractivity contribution in [2.75, 3.05) is 0 Å². The second-order valence-corrected chi connectivity index (χ2v) is 8.92. The lowest BCUT2D eigenvalue weighted by Crippen LogP contribution is -1.95. The van der Waals surface area contributed by atoms with Crippen LogP contribution in [0.25, 0.3) is 55.0 Å². The van der Waals surface area contributed by atoms with Crippen molar-refractivity contribution in [1.82, 2.24) is 9.13 Å². The normalized spacial score (nSPS) is 11.8. The lowest BCUT2D eigenvalue weighted by atomic mass is 10.1. The number of nitrogens with zero attached hydrogens (tertiary/aromatic N) is 2. The quantitative estimate of drug-likeness (QED) is 0.263. The van der Waals surface area contributed by atoms with Gasteiger partial charge in [0.1, 0.15) is 0 Å². The van der Waals surface area contributed by atoms with Crippen molar-refractivity contribution < 1.29 is 0 Å². The molecule has 2 heterocycles. The molecule has 0 fully saturated rings. The van der Waals surface area contributed by atoms with Gasteiger partial charge >= 0.3 is 0 Å². The van der Waals surface area contributed by atoms with E-state index in [0.29, 0.717) is 0 Å². The van der Waals surface area contributed by atoms with Crippen LogP contribution in [0.3, 0.4) is 0 Å². The van der Waals surface area contributed by atoms with Gasteiger partial charge in [-0.05, 0) is 60.5 Å². The van der Waals surface area contributed by atoms with Gasteiger partial charge in [-0.15, -0.1) is 0 Å². The standard InChI is InChI=1S/C32H24N2/c1-2-22-17-19-29-27(21-22)31-30(33(29)23-11-5-3-6-12-23)20-18-26-25-15-9-10-16-28(25)34(32(26)31)24-13-7-4-8-14-24/h3-21H,2H2,1H3. The van der Waals surface area contributed by atoms with Crippen molar-refractivity contribution in [3.05, 3.63) is 121 Å². The Morgan fingerprint density at radius 3 is 1.85 bits per heavy atom. The van der Waals surface area contributed by atoms with Crippen molar-refractivity contribution >= 4 is 43.6 Å². The third-order valence-electron chi connectivity index (χ3n) is 7.06. The zero-order valence-corrected chi connectivity index (χ0v) is 19.1. The highest BCUT2D eigenvalue weighted by Crippen LogP contribution is 2.42. The summed E-state index contributed by atoms with van der Waals surface area (Å²) < 4.78 is 4.86. The molecular formula is C32H24N2. The minimum Gasteiger partial charge on any atom is -0.309 e. The summed E-state index contributed by atoms with van der Waals surface area (Å²) in [4.78, 5) is 0. The predicted molar refractivity (Wildman–Crippen MR) is 144 cm³/mol. The molecule has 7 aromatic rings. The molecule has 0 N–H and O–H groups in total. The molecule has 0 bridgehead atoms. The number of aryl methyl sites for hydroxylation is 1. The largest absolute Gasteiger partial charge is 0.309 e. The summed E-state index contributed by atoms with van der Waals surface area (Å²) in [5, 5.41) is 5.20. The van der Waals surface area contributed by atoms with Crippen LogP contribution in [0, 0.1) is 0 Å². The first-order valence-corrected chi connectivity index (χ1v) is 11.9. The first kappa shape index (κ1) is 19.2. The minimum absolute atomic E-state index is 1.02. The van der Waals surface area contributed by atoms with Crippen LogP contribution in [0.1, 0.15) is 12.5 Å². The Kier molecular flexibility index (Phi) is 4.16. The van der Waals surface area contributed by atoms with Crippen LogP contribution in [0.4, 0.5) is 0 Å². The highest BCUT2D eigenvalue weighted by molar-refractivity contribution is 6.26. The van der Waals surface area contributed by atoms with Gasteiger partial charge in [0.25, 0.3) is 0 Å². The zero-order valence-electron chi connectivity index (χ0n) is 19.1. The number of rotatable bonds is 3. The van der Waals surface area contributed by atoms with E-state index in [1.54, 1.807) is 0 Å². The van der Waals surface area contributed by atoms with E-state index in [1.165, 1.54) is 60.5 Å². The Morgan fingerprint density at radius 2 is 1.12 bits per heavy atom. The van der Waals surface area contributed by atoms with Crippen molar-refractivity contribution in [2.24, 2.45) is 0 Å². The molecule has 0 unspecified atom stereocenters. The molecule has 34 heavy (non-hydrogen) atoms. The summed E-state index contributed by atoms with van der Waals surface area (Å²) >= 11 is 0. The van der Waals surface area contributed by atoms with Gasteiger partial charge in [-0.25, -0.2) is 0 Å². The second kappa shape index (κ2) is 7.36. The molecule has 7 rings (SSSR count). The van der Waals surface area contributed by atoms with Gasteiger partial charge in [0, 0.05) is 32.9 Å². The molecule has 5 aromatic carbocycles. The van der Waals surface area contributed by atoms with Crippen LogP contribution in [0.2, 0.25) is 0 Å². The molecular weight excluding hydrogens is 412 g/mol. The number of hydrogen-bond donors (Lipinski definition) is 0. The SMILES string of the molecule is CCc1ccc2c(c1)c1c(ccc3c4ccccc4n(-c4ccccc4)c31)n2-c1ccccc1. The first-order valence-electron chi connectivity index (χ1n) is 11.9. The molecule has 0 aliphatic heterocycles. The summed E-state index contributed by atoms with van der Waals surface area (Å²) in [7, 11) is 0. The van der Waals surface area contributed by atoms with Gasteiger partial charge in [0.2, 0.25) is 0 Å². The van der Waals surface area contributed by atoms with Gasteiger partial charge in [-0.3, -0.25) is 0 Å². The van der Waals surface area contributed by atoms with Gasteiger partial charge in [-0.1, -0.05) is 73.7 Å². The number of fused-ring (bicyclic) bond motifs is 7. The maximum atomic E-state index is 2.44. The average molecular weight is 437 g/mol. The zero-order chi connectivity index (χ0) is 22.6. The first-order chi connectivity index (χ1) is 16.8. The fraction of sp³-hybridized carbons (Fsp3) is 0.0625.